The molecule has 0 radical (unpaired) electrons. The molecule has 1 aromatic carbocycles. The van der Waals surface area contributed by atoms with E-state index in [1.807, 2.05) is 37.3 Å². The quantitative estimate of drug-likeness (QED) is 0.395. The van der Waals surface area contributed by atoms with E-state index in [1.54, 1.807) is 4.90 Å². The highest BCUT2D eigenvalue weighted by atomic mass is 16.5. The zero-order valence-corrected chi connectivity index (χ0v) is 20.9. The van der Waals surface area contributed by atoms with Crippen molar-refractivity contribution in [1.82, 2.24) is 10.2 Å². The number of aliphatic hydroxyl groups excluding tert-OH is 1. The molecule has 2 unspecified atom stereocenters. The maximum Gasteiger partial charge on any atom is 0.245 e. The normalized spacial score (nSPS) is 31.0. The number of unbranched alkanes of at least 4 members (excludes halogenated alkanes) is 3. The number of hydrogen-bond acceptors (Lipinski definition) is 5. The molecule has 2 bridgehead atoms. The van der Waals surface area contributed by atoms with Gasteiger partial charge in [0.15, 0.2) is 0 Å². The van der Waals surface area contributed by atoms with Crippen LogP contribution in [0.1, 0.15) is 65.2 Å². The van der Waals surface area contributed by atoms with Crippen molar-refractivity contribution in [1.29, 1.82) is 0 Å². The number of aliphatic hydroxyl groups is 1. The Hall–Kier alpha value is -2.45. The van der Waals surface area contributed by atoms with Crippen LogP contribution in [0, 0.1) is 11.8 Å². The molecule has 35 heavy (non-hydrogen) atoms. The molecule has 1 aromatic rings. The second-order valence-corrected chi connectivity index (χ2v) is 10.1. The fraction of sp³-hybridized carbons (Fsp3) is 0.667. The molecule has 3 saturated heterocycles. The Morgan fingerprint density at radius 1 is 1.09 bits per heavy atom. The number of carbonyl (C=O) groups is 3. The van der Waals surface area contributed by atoms with E-state index in [1.165, 1.54) is 0 Å². The summed E-state index contributed by atoms with van der Waals surface area (Å²) in [5, 5.41) is 15.2. The number of ether oxygens (including phenoxy) is 1. The molecule has 3 N–H and O–H groups in total. The lowest BCUT2D eigenvalue weighted by atomic mass is 9.65. The lowest BCUT2D eigenvalue weighted by Gasteiger charge is -2.34. The third kappa shape index (κ3) is 4.47. The van der Waals surface area contributed by atoms with Crippen molar-refractivity contribution in [3.63, 3.8) is 0 Å². The van der Waals surface area contributed by atoms with Gasteiger partial charge in [-0.3, -0.25) is 14.4 Å². The summed E-state index contributed by atoms with van der Waals surface area (Å²) in [7, 11) is 0. The van der Waals surface area contributed by atoms with E-state index < -0.39 is 29.1 Å². The average Bonchev–Trinajstić information content (AvgIpc) is 3.46. The van der Waals surface area contributed by atoms with Gasteiger partial charge in [-0.1, -0.05) is 38.5 Å². The summed E-state index contributed by atoms with van der Waals surface area (Å²) in [6.07, 6.45) is 5.77. The fourth-order valence-corrected chi connectivity index (χ4v) is 6.45. The van der Waals surface area contributed by atoms with Crippen molar-refractivity contribution in [2.24, 2.45) is 11.8 Å². The van der Waals surface area contributed by atoms with Crippen molar-refractivity contribution in [3.8, 4) is 0 Å². The number of hydrogen-bond donors (Lipinski definition) is 3. The third-order valence-electron chi connectivity index (χ3n) is 8.14. The zero-order valence-electron chi connectivity index (χ0n) is 20.9. The molecule has 0 aromatic heterocycles. The van der Waals surface area contributed by atoms with Gasteiger partial charge in [0.2, 0.25) is 17.7 Å². The van der Waals surface area contributed by atoms with E-state index >= 15 is 0 Å². The topological polar surface area (TPSA) is 108 Å². The van der Waals surface area contributed by atoms with Crippen LogP contribution < -0.4 is 10.6 Å². The number of amides is 3. The third-order valence-corrected chi connectivity index (χ3v) is 8.14. The highest BCUT2D eigenvalue weighted by Crippen LogP contribution is 2.64. The van der Waals surface area contributed by atoms with Crippen molar-refractivity contribution >= 4 is 23.4 Å². The van der Waals surface area contributed by atoms with Crippen molar-refractivity contribution in [2.45, 2.75) is 82.5 Å². The highest BCUT2D eigenvalue weighted by Gasteiger charge is 2.78. The minimum absolute atomic E-state index is 0.102. The van der Waals surface area contributed by atoms with Crippen LogP contribution in [-0.2, 0) is 19.1 Å². The largest absolute Gasteiger partial charge is 0.396 e. The first-order valence-electron chi connectivity index (χ1n) is 13.2. The van der Waals surface area contributed by atoms with Gasteiger partial charge in [-0.15, -0.1) is 0 Å². The van der Waals surface area contributed by atoms with Gasteiger partial charge in [0.25, 0.3) is 0 Å². The maximum atomic E-state index is 13.9. The first-order chi connectivity index (χ1) is 16.9. The molecule has 3 aliphatic heterocycles. The van der Waals surface area contributed by atoms with Crippen molar-refractivity contribution in [2.75, 3.05) is 25.0 Å². The molecular formula is C27H39N3O5. The van der Waals surface area contributed by atoms with E-state index in [9.17, 15) is 14.4 Å². The first-order valence-corrected chi connectivity index (χ1v) is 13.2. The Balaban J connectivity index is 1.65. The van der Waals surface area contributed by atoms with Crippen LogP contribution in [0.25, 0.3) is 0 Å². The van der Waals surface area contributed by atoms with E-state index in [0.29, 0.717) is 50.9 Å². The molecule has 3 fully saturated rings. The Morgan fingerprint density at radius 3 is 2.54 bits per heavy atom. The minimum atomic E-state index is -0.987. The second kappa shape index (κ2) is 10.7. The molecule has 4 rings (SSSR count). The number of likely N-dealkylation sites (tertiary alicyclic amines) is 1. The van der Waals surface area contributed by atoms with Crippen LogP contribution in [0.15, 0.2) is 30.3 Å². The SMILES string of the molecule is CCCCNC(=O)C1N(CCCCCO)C(=O)[C@@H]2[C@@H](C(=O)Nc3ccccc3)[C@@]3(CC)CCC12O3. The fourth-order valence-electron chi connectivity index (χ4n) is 6.45. The number of anilines is 1. The molecule has 8 nitrogen and oxygen atoms in total. The number of nitrogens with one attached hydrogen (secondary N) is 2. The van der Waals surface area contributed by atoms with Crippen molar-refractivity contribution in [3.05, 3.63) is 30.3 Å². The van der Waals surface area contributed by atoms with Gasteiger partial charge in [0, 0.05) is 25.4 Å². The van der Waals surface area contributed by atoms with Crippen LogP contribution in [0.2, 0.25) is 0 Å². The molecule has 0 aliphatic carbocycles. The van der Waals surface area contributed by atoms with Gasteiger partial charge < -0.3 is 25.4 Å². The number of rotatable bonds is 12. The summed E-state index contributed by atoms with van der Waals surface area (Å²) in [6, 6.07) is 8.51. The number of fused-ring (bicyclic) bond motifs is 1. The summed E-state index contributed by atoms with van der Waals surface area (Å²) >= 11 is 0. The van der Waals surface area contributed by atoms with E-state index in [2.05, 4.69) is 17.6 Å². The second-order valence-electron chi connectivity index (χ2n) is 10.1. The molecule has 192 valence electrons. The molecule has 1 spiro atoms. The predicted octanol–water partition coefficient (Wildman–Crippen LogP) is 2.86. The van der Waals surface area contributed by atoms with Gasteiger partial charge in [-0.05, 0) is 57.1 Å². The molecule has 3 aliphatic rings. The highest BCUT2D eigenvalue weighted by molar-refractivity contribution is 6.02. The summed E-state index contributed by atoms with van der Waals surface area (Å²) in [5.41, 5.74) is -1.05. The first kappa shape index (κ1) is 25.6. The summed E-state index contributed by atoms with van der Waals surface area (Å²) < 4.78 is 6.74. The van der Waals surface area contributed by atoms with Crippen LogP contribution >= 0.6 is 0 Å². The van der Waals surface area contributed by atoms with E-state index in [4.69, 9.17) is 9.84 Å². The Labute approximate surface area is 207 Å². The van der Waals surface area contributed by atoms with E-state index in [0.717, 1.165) is 19.3 Å². The maximum absolute atomic E-state index is 13.9. The Morgan fingerprint density at radius 2 is 1.86 bits per heavy atom. The minimum Gasteiger partial charge on any atom is -0.396 e. The van der Waals surface area contributed by atoms with Gasteiger partial charge in [0.05, 0.1) is 17.4 Å². The van der Waals surface area contributed by atoms with Gasteiger partial charge in [0.1, 0.15) is 11.6 Å². The van der Waals surface area contributed by atoms with Crippen LogP contribution in [0.5, 0.6) is 0 Å². The van der Waals surface area contributed by atoms with Gasteiger partial charge in [-0.2, -0.15) is 0 Å². The predicted molar refractivity (Wildman–Crippen MR) is 132 cm³/mol. The molecule has 8 heteroatoms. The number of carbonyl (C=O) groups excluding carboxylic acids is 3. The summed E-state index contributed by atoms with van der Waals surface area (Å²) in [5.74, 6) is -1.90. The standard InChI is InChI=1S/C27H39N3O5/c1-3-5-16-28-24(33)22-27-15-14-26(4-2,35-27)20(23(32)29-19-12-8-6-9-13-19)21(27)25(34)30(22)17-10-7-11-18-31/h6,8-9,12-13,20-22,31H,3-5,7,10-11,14-18H2,1-2H3,(H,28,33)(H,29,32)/t20-,21-,22?,26+,27?/m0/s1. The number of para-hydroxylation sites is 1. The van der Waals surface area contributed by atoms with Crippen LogP contribution in [0.3, 0.4) is 0 Å². The average molecular weight is 486 g/mol. The van der Waals surface area contributed by atoms with Crippen molar-refractivity contribution < 1.29 is 24.2 Å². The van der Waals surface area contributed by atoms with E-state index in [-0.39, 0.29) is 24.3 Å². The summed E-state index contributed by atoms with van der Waals surface area (Å²) in [6.45, 7) is 5.13. The Kier molecular flexibility index (Phi) is 7.81. The van der Waals surface area contributed by atoms with Gasteiger partial charge >= 0.3 is 0 Å². The Bertz CT molecular complexity index is 925. The van der Waals surface area contributed by atoms with Crippen LogP contribution in [-0.4, -0.2) is 64.7 Å². The smallest absolute Gasteiger partial charge is 0.245 e. The monoisotopic (exact) mass is 485 g/mol. The van der Waals surface area contributed by atoms with Crippen LogP contribution in [0.4, 0.5) is 5.69 Å². The molecule has 5 atom stereocenters. The van der Waals surface area contributed by atoms with Gasteiger partial charge in [-0.25, -0.2) is 0 Å². The molecule has 0 saturated carbocycles. The molecule has 3 amide bonds. The number of benzene rings is 1. The summed E-state index contributed by atoms with van der Waals surface area (Å²) in [4.78, 5) is 42.8. The lowest BCUT2D eigenvalue weighted by Crippen LogP contribution is -2.55. The molecule has 3 heterocycles. The molecular weight excluding hydrogens is 446 g/mol. The zero-order chi connectivity index (χ0) is 25.1. The lowest BCUT2D eigenvalue weighted by molar-refractivity contribution is -0.146. The number of nitrogens with zero attached hydrogens (tertiary/aromatic N) is 1.